The monoisotopic (exact) mass is 371 g/mol. The van der Waals surface area contributed by atoms with Crippen molar-refractivity contribution in [2.24, 2.45) is 5.73 Å². The van der Waals surface area contributed by atoms with Crippen molar-refractivity contribution in [3.05, 3.63) is 35.7 Å². The van der Waals surface area contributed by atoms with Crippen molar-refractivity contribution in [2.45, 2.75) is 37.6 Å². The summed E-state index contributed by atoms with van der Waals surface area (Å²) < 4.78 is 0. The number of hydrogen-bond acceptors (Lipinski definition) is 4. The quantitative estimate of drug-likeness (QED) is 0.860. The summed E-state index contributed by atoms with van der Waals surface area (Å²) in [6.45, 7) is 3.87. The highest BCUT2D eigenvalue weighted by molar-refractivity contribution is 7.14. The summed E-state index contributed by atoms with van der Waals surface area (Å²) in [7, 11) is 0. The number of quaternary nitrogens is 1. The Kier molecular flexibility index (Phi) is 4.96. The van der Waals surface area contributed by atoms with Gasteiger partial charge in [-0.15, -0.1) is 11.3 Å². The maximum atomic E-state index is 12.4. The molecule has 2 aliphatic rings. The average Bonchev–Trinajstić information content (AvgIpc) is 3.19. The summed E-state index contributed by atoms with van der Waals surface area (Å²) in [6, 6.07) is 10.3. The predicted octanol–water partition coefficient (Wildman–Crippen LogP) is 1.70. The van der Waals surface area contributed by atoms with Crippen LogP contribution >= 0.6 is 11.3 Å². The van der Waals surface area contributed by atoms with Gasteiger partial charge in [-0.1, -0.05) is 30.3 Å². The van der Waals surface area contributed by atoms with Crippen LogP contribution in [-0.2, 0) is 4.79 Å². The molecule has 1 aromatic heterocycles. The highest BCUT2D eigenvalue weighted by atomic mass is 32.1. The zero-order chi connectivity index (χ0) is 18.0. The molecule has 1 aromatic carbocycles. The molecule has 2 fully saturated rings. The lowest BCUT2D eigenvalue weighted by molar-refractivity contribution is -0.947. The Bertz CT molecular complexity index is 746. The predicted molar refractivity (Wildman–Crippen MR) is 105 cm³/mol. The summed E-state index contributed by atoms with van der Waals surface area (Å²) in [4.78, 5) is 20.9. The van der Waals surface area contributed by atoms with Crippen molar-refractivity contribution in [1.82, 2.24) is 4.98 Å². The van der Waals surface area contributed by atoms with Gasteiger partial charge in [-0.25, -0.2) is 4.98 Å². The van der Waals surface area contributed by atoms with Gasteiger partial charge in [-0.2, -0.15) is 0 Å². The van der Waals surface area contributed by atoms with Crippen LogP contribution in [0.15, 0.2) is 35.7 Å². The van der Waals surface area contributed by atoms with Gasteiger partial charge in [-0.3, -0.25) is 4.79 Å². The lowest BCUT2D eigenvalue weighted by Gasteiger charge is -2.45. The number of benzene rings is 1. The summed E-state index contributed by atoms with van der Waals surface area (Å²) in [5.74, 6) is -0.113. The van der Waals surface area contributed by atoms with E-state index in [1.54, 1.807) is 11.3 Å². The Morgan fingerprint density at radius 3 is 2.46 bits per heavy atom. The van der Waals surface area contributed by atoms with E-state index in [2.05, 4.69) is 22.4 Å². The lowest BCUT2D eigenvalue weighted by atomic mass is 9.83. The van der Waals surface area contributed by atoms with E-state index in [1.165, 1.54) is 24.2 Å². The molecule has 26 heavy (non-hydrogen) atoms. The van der Waals surface area contributed by atoms with Gasteiger partial charge in [0, 0.05) is 36.9 Å². The summed E-state index contributed by atoms with van der Waals surface area (Å²) in [5, 5.41) is 3.17. The number of piperidine rings is 2. The fraction of sp³-hybridized carbons (Fsp3) is 0.500. The largest absolute Gasteiger partial charge is 0.364 e. The summed E-state index contributed by atoms with van der Waals surface area (Å²) in [6.07, 6.45) is 5.36. The van der Waals surface area contributed by atoms with Gasteiger partial charge in [0.2, 0.25) is 0 Å². The molecule has 0 aliphatic carbocycles. The third-order valence-electron chi connectivity index (χ3n) is 6.05. The van der Waals surface area contributed by atoms with E-state index in [9.17, 15) is 4.79 Å². The van der Waals surface area contributed by atoms with E-state index in [-0.39, 0.29) is 11.4 Å². The molecule has 0 saturated carbocycles. The van der Waals surface area contributed by atoms with Crippen LogP contribution in [0.5, 0.6) is 0 Å². The zero-order valence-electron chi connectivity index (χ0n) is 15.1. The molecule has 1 amide bonds. The number of amides is 1. The first-order chi connectivity index (χ1) is 12.7. The molecule has 2 saturated heterocycles. The second kappa shape index (κ2) is 7.37. The lowest BCUT2D eigenvalue weighted by Crippen LogP contribution is -3.22. The van der Waals surface area contributed by atoms with Gasteiger partial charge in [0.25, 0.3) is 5.91 Å². The van der Waals surface area contributed by atoms with Crippen LogP contribution in [0.25, 0.3) is 11.3 Å². The highest BCUT2D eigenvalue weighted by Gasteiger charge is 2.49. The van der Waals surface area contributed by atoms with Gasteiger partial charge in [-0.05, 0) is 19.3 Å². The number of nitrogens with zero attached hydrogens (tertiary/aromatic N) is 2. The number of rotatable bonds is 4. The van der Waals surface area contributed by atoms with Crippen LogP contribution in [0.4, 0.5) is 5.13 Å². The van der Waals surface area contributed by atoms with Crippen LogP contribution in [0.2, 0.25) is 0 Å². The molecule has 3 N–H and O–H groups in total. The number of nitrogens with two attached hydrogens (primary N) is 1. The Labute approximate surface area is 158 Å². The van der Waals surface area contributed by atoms with Crippen molar-refractivity contribution in [1.29, 1.82) is 0 Å². The molecule has 0 atom stereocenters. The first-order valence-corrected chi connectivity index (χ1v) is 10.5. The van der Waals surface area contributed by atoms with Crippen LogP contribution < -0.4 is 15.5 Å². The van der Waals surface area contributed by atoms with Gasteiger partial charge < -0.3 is 15.5 Å². The number of aromatic nitrogens is 1. The molecular weight excluding hydrogens is 344 g/mol. The summed E-state index contributed by atoms with van der Waals surface area (Å²) in [5.41, 5.74) is 7.70. The molecule has 5 nitrogen and oxygen atoms in total. The first kappa shape index (κ1) is 17.5. The average molecular weight is 372 g/mol. The molecular formula is C20H27N4OS+. The molecule has 0 bridgehead atoms. The molecule has 6 heteroatoms. The number of primary amides is 1. The molecule has 0 spiro atoms. The molecule has 4 rings (SSSR count). The fourth-order valence-corrected chi connectivity index (χ4v) is 5.35. The SMILES string of the molecule is NC(=O)C1([NH+]2CCCCC2)CCN(c2nc(-c3ccccc3)cs2)CC1. The topological polar surface area (TPSA) is 63.7 Å². The zero-order valence-corrected chi connectivity index (χ0v) is 15.9. The minimum atomic E-state index is -0.379. The van der Waals surface area contributed by atoms with Crippen molar-refractivity contribution in [3.63, 3.8) is 0 Å². The molecule has 3 heterocycles. The standard InChI is InChI=1S/C20H26N4OS/c21-18(25)20(24-11-5-2-6-12-24)9-13-23(14-10-20)19-22-17(15-26-19)16-7-3-1-4-8-16/h1,3-4,7-8,15H,2,5-6,9-14H2,(H2,21,25)/p+1. The second-order valence-electron chi connectivity index (χ2n) is 7.48. The van der Waals surface area contributed by atoms with Crippen LogP contribution in [0.1, 0.15) is 32.1 Å². The maximum Gasteiger partial charge on any atom is 0.278 e. The fourth-order valence-electron chi connectivity index (χ4n) is 4.46. The molecule has 2 aliphatic heterocycles. The molecule has 2 aromatic rings. The van der Waals surface area contributed by atoms with Crippen LogP contribution in [0, 0.1) is 0 Å². The van der Waals surface area contributed by atoms with Crippen molar-refractivity contribution < 1.29 is 9.69 Å². The van der Waals surface area contributed by atoms with E-state index < -0.39 is 0 Å². The highest BCUT2D eigenvalue weighted by Crippen LogP contribution is 2.31. The van der Waals surface area contributed by atoms with E-state index in [1.807, 2.05) is 18.2 Å². The van der Waals surface area contributed by atoms with E-state index in [0.717, 1.165) is 55.4 Å². The second-order valence-corrected chi connectivity index (χ2v) is 8.32. The molecule has 138 valence electrons. The number of thiazole rings is 1. The number of anilines is 1. The minimum absolute atomic E-state index is 0.113. The molecule has 0 radical (unpaired) electrons. The number of carbonyl (C=O) groups is 1. The van der Waals surface area contributed by atoms with Crippen LogP contribution in [0.3, 0.4) is 0 Å². The Morgan fingerprint density at radius 2 is 1.81 bits per heavy atom. The summed E-state index contributed by atoms with van der Waals surface area (Å²) >= 11 is 1.69. The smallest absolute Gasteiger partial charge is 0.278 e. The van der Waals surface area contributed by atoms with E-state index >= 15 is 0 Å². The minimum Gasteiger partial charge on any atom is -0.364 e. The number of nitrogens with one attached hydrogen (secondary N) is 1. The Balaban J connectivity index is 1.47. The van der Waals surface area contributed by atoms with Crippen molar-refractivity contribution in [2.75, 3.05) is 31.1 Å². The van der Waals surface area contributed by atoms with Crippen LogP contribution in [-0.4, -0.2) is 42.6 Å². The molecule has 0 unspecified atom stereocenters. The van der Waals surface area contributed by atoms with Crippen molar-refractivity contribution >= 4 is 22.4 Å². The number of carbonyl (C=O) groups excluding carboxylic acids is 1. The third kappa shape index (κ3) is 3.23. The Morgan fingerprint density at radius 1 is 1.12 bits per heavy atom. The number of likely N-dealkylation sites (tertiary alicyclic amines) is 1. The van der Waals surface area contributed by atoms with Gasteiger partial charge in [0.1, 0.15) is 0 Å². The number of hydrogen-bond donors (Lipinski definition) is 2. The van der Waals surface area contributed by atoms with Gasteiger partial charge >= 0.3 is 0 Å². The van der Waals surface area contributed by atoms with Gasteiger partial charge in [0.15, 0.2) is 10.7 Å². The van der Waals surface area contributed by atoms with E-state index in [4.69, 9.17) is 10.7 Å². The van der Waals surface area contributed by atoms with E-state index in [0.29, 0.717) is 0 Å². The Hall–Kier alpha value is -1.92. The third-order valence-corrected chi connectivity index (χ3v) is 6.96. The first-order valence-electron chi connectivity index (χ1n) is 9.60. The normalized spacial score (nSPS) is 20.8. The maximum absolute atomic E-state index is 12.4. The van der Waals surface area contributed by atoms with Crippen molar-refractivity contribution in [3.8, 4) is 11.3 Å². The van der Waals surface area contributed by atoms with Gasteiger partial charge in [0.05, 0.1) is 18.8 Å².